The highest BCUT2D eigenvalue weighted by Gasteiger charge is 2.22. The van der Waals surface area contributed by atoms with Gasteiger partial charge in [-0.2, -0.15) is 0 Å². The van der Waals surface area contributed by atoms with Gasteiger partial charge in [-0.05, 0) is 30.9 Å². The molecule has 102 valence electrons. The predicted octanol–water partition coefficient (Wildman–Crippen LogP) is 1.76. The molecule has 2 aromatic rings. The van der Waals surface area contributed by atoms with Crippen molar-refractivity contribution in [2.45, 2.75) is 18.9 Å². The average molecular weight is 261 g/mol. The molecule has 0 saturated carbocycles. The van der Waals surface area contributed by atoms with Crippen LogP contribution in [0.15, 0.2) is 24.3 Å². The highest BCUT2D eigenvalue weighted by atomic mass is 16.5. The first-order valence-corrected chi connectivity index (χ1v) is 6.77. The maximum absolute atomic E-state index is 10.2. The summed E-state index contributed by atoms with van der Waals surface area (Å²) in [4.78, 5) is 7.62. The van der Waals surface area contributed by atoms with Gasteiger partial charge >= 0.3 is 0 Å². The fraction of sp³-hybridized carbons (Fsp3) is 0.500. The Morgan fingerprint density at radius 2 is 2.16 bits per heavy atom. The number of imidazole rings is 1. The minimum Gasteiger partial charge on any atom is -0.391 e. The van der Waals surface area contributed by atoms with Crippen LogP contribution < -0.4 is 5.32 Å². The van der Waals surface area contributed by atoms with E-state index < -0.39 is 0 Å². The zero-order valence-corrected chi connectivity index (χ0v) is 10.8. The molecule has 0 aliphatic carbocycles. The minimum absolute atomic E-state index is 0.325. The number of hydrogen-bond donors (Lipinski definition) is 3. The number of aliphatic hydroxyl groups excluding tert-OH is 1. The summed E-state index contributed by atoms with van der Waals surface area (Å²) < 4.78 is 5.30. The first-order chi connectivity index (χ1) is 9.33. The molecular formula is C14H19N3O2. The fourth-order valence-electron chi connectivity index (χ4n) is 2.51. The molecule has 1 aliphatic heterocycles. The Hall–Kier alpha value is -1.59. The van der Waals surface area contributed by atoms with E-state index in [0.29, 0.717) is 18.4 Å². The number of benzene rings is 1. The van der Waals surface area contributed by atoms with E-state index in [0.717, 1.165) is 37.1 Å². The summed E-state index contributed by atoms with van der Waals surface area (Å²) in [5.41, 5.74) is 1.94. The van der Waals surface area contributed by atoms with Gasteiger partial charge in [0, 0.05) is 19.8 Å². The Labute approximate surface area is 112 Å². The molecular weight excluding hydrogens is 242 g/mol. The van der Waals surface area contributed by atoms with Crippen molar-refractivity contribution in [1.29, 1.82) is 0 Å². The van der Waals surface area contributed by atoms with Crippen molar-refractivity contribution in [1.82, 2.24) is 9.97 Å². The summed E-state index contributed by atoms with van der Waals surface area (Å²) in [6.07, 6.45) is 1.52. The Morgan fingerprint density at radius 3 is 2.95 bits per heavy atom. The SMILES string of the molecule is OC(CNc1nc2ccccc2[nH]1)C1CCOCC1. The van der Waals surface area contributed by atoms with Crippen LogP contribution in [-0.2, 0) is 4.74 Å². The lowest BCUT2D eigenvalue weighted by Gasteiger charge is -2.26. The second kappa shape index (κ2) is 5.59. The molecule has 3 rings (SSSR count). The molecule has 1 atom stereocenters. The van der Waals surface area contributed by atoms with Crippen molar-refractivity contribution >= 4 is 17.0 Å². The smallest absolute Gasteiger partial charge is 0.201 e. The molecule has 1 aliphatic rings. The van der Waals surface area contributed by atoms with E-state index in [-0.39, 0.29) is 6.10 Å². The first-order valence-electron chi connectivity index (χ1n) is 6.77. The molecule has 3 N–H and O–H groups in total. The Bertz CT molecular complexity index is 501. The number of ether oxygens (including phenoxy) is 1. The Balaban J connectivity index is 1.58. The number of rotatable bonds is 4. The van der Waals surface area contributed by atoms with E-state index in [1.165, 1.54) is 0 Å². The number of nitrogens with one attached hydrogen (secondary N) is 2. The van der Waals surface area contributed by atoms with Crippen molar-refractivity contribution in [3.63, 3.8) is 0 Å². The molecule has 5 nitrogen and oxygen atoms in total. The summed E-state index contributed by atoms with van der Waals surface area (Å²) in [5, 5.41) is 13.3. The number of fused-ring (bicyclic) bond motifs is 1. The highest BCUT2D eigenvalue weighted by molar-refractivity contribution is 5.77. The van der Waals surface area contributed by atoms with Crippen molar-refractivity contribution in [2.75, 3.05) is 25.1 Å². The molecule has 1 unspecified atom stereocenters. The van der Waals surface area contributed by atoms with Crippen LogP contribution in [0.3, 0.4) is 0 Å². The maximum Gasteiger partial charge on any atom is 0.201 e. The van der Waals surface area contributed by atoms with Gasteiger partial charge in [-0.3, -0.25) is 0 Å². The summed E-state index contributed by atoms with van der Waals surface area (Å²) in [5.74, 6) is 1.04. The monoisotopic (exact) mass is 261 g/mol. The van der Waals surface area contributed by atoms with E-state index in [9.17, 15) is 5.11 Å². The lowest BCUT2D eigenvalue weighted by atomic mass is 9.94. The average Bonchev–Trinajstić information content (AvgIpc) is 2.88. The number of nitrogens with zero attached hydrogens (tertiary/aromatic N) is 1. The summed E-state index contributed by atoms with van der Waals surface area (Å²) in [6, 6.07) is 7.89. The predicted molar refractivity (Wildman–Crippen MR) is 74.1 cm³/mol. The first kappa shape index (κ1) is 12.4. The maximum atomic E-state index is 10.2. The molecule has 1 aromatic heterocycles. The second-order valence-electron chi connectivity index (χ2n) is 5.00. The number of H-pyrrole nitrogens is 1. The third kappa shape index (κ3) is 2.88. The second-order valence-corrected chi connectivity index (χ2v) is 5.00. The van der Waals surface area contributed by atoms with E-state index in [4.69, 9.17) is 4.74 Å². The third-order valence-corrected chi connectivity index (χ3v) is 3.68. The summed E-state index contributed by atoms with van der Waals surface area (Å²) >= 11 is 0. The molecule has 0 bridgehead atoms. The van der Waals surface area contributed by atoms with Crippen molar-refractivity contribution in [2.24, 2.45) is 5.92 Å². The van der Waals surface area contributed by atoms with Crippen LogP contribution in [0.5, 0.6) is 0 Å². The minimum atomic E-state index is -0.350. The van der Waals surface area contributed by atoms with Crippen LogP contribution in [0.2, 0.25) is 0 Å². The van der Waals surface area contributed by atoms with Gasteiger partial charge in [0.25, 0.3) is 0 Å². The Morgan fingerprint density at radius 1 is 1.37 bits per heavy atom. The molecule has 0 spiro atoms. The normalized spacial score (nSPS) is 18.6. The van der Waals surface area contributed by atoms with Crippen LogP contribution in [0, 0.1) is 5.92 Å². The zero-order valence-electron chi connectivity index (χ0n) is 10.8. The summed E-state index contributed by atoms with van der Waals surface area (Å²) in [7, 11) is 0. The van der Waals surface area contributed by atoms with E-state index in [1.54, 1.807) is 0 Å². The number of aromatic nitrogens is 2. The van der Waals surface area contributed by atoms with Crippen molar-refractivity contribution < 1.29 is 9.84 Å². The van der Waals surface area contributed by atoms with Gasteiger partial charge in [-0.1, -0.05) is 12.1 Å². The molecule has 2 heterocycles. The molecule has 0 amide bonds. The number of aromatic amines is 1. The quantitative estimate of drug-likeness (QED) is 0.784. The van der Waals surface area contributed by atoms with Gasteiger partial charge in [0.05, 0.1) is 17.1 Å². The van der Waals surface area contributed by atoms with Crippen LogP contribution in [0.1, 0.15) is 12.8 Å². The van der Waals surface area contributed by atoms with E-state index in [1.807, 2.05) is 24.3 Å². The fourth-order valence-corrected chi connectivity index (χ4v) is 2.51. The van der Waals surface area contributed by atoms with Crippen molar-refractivity contribution in [3.05, 3.63) is 24.3 Å². The van der Waals surface area contributed by atoms with Gasteiger partial charge in [-0.25, -0.2) is 4.98 Å². The van der Waals surface area contributed by atoms with Gasteiger partial charge in [0.2, 0.25) is 5.95 Å². The van der Waals surface area contributed by atoms with Crippen LogP contribution >= 0.6 is 0 Å². The third-order valence-electron chi connectivity index (χ3n) is 3.68. The number of para-hydroxylation sites is 2. The van der Waals surface area contributed by atoms with Crippen LogP contribution in [0.25, 0.3) is 11.0 Å². The van der Waals surface area contributed by atoms with Gasteiger partial charge in [0.1, 0.15) is 0 Å². The number of hydrogen-bond acceptors (Lipinski definition) is 4. The molecule has 0 radical (unpaired) electrons. The van der Waals surface area contributed by atoms with Gasteiger partial charge in [-0.15, -0.1) is 0 Å². The summed E-state index contributed by atoms with van der Waals surface area (Å²) in [6.45, 7) is 2.03. The van der Waals surface area contributed by atoms with Gasteiger partial charge in [0.15, 0.2) is 0 Å². The Kier molecular flexibility index (Phi) is 3.66. The standard InChI is InChI=1S/C14H19N3O2/c18-13(10-5-7-19-8-6-10)9-15-14-16-11-3-1-2-4-12(11)17-14/h1-4,10,13,18H,5-9H2,(H2,15,16,17). The van der Waals surface area contributed by atoms with E-state index in [2.05, 4.69) is 15.3 Å². The molecule has 5 heteroatoms. The zero-order chi connectivity index (χ0) is 13.1. The van der Waals surface area contributed by atoms with E-state index >= 15 is 0 Å². The molecule has 1 aromatic carbocycles. The number of aliphatic hydroxyl groups is 1. The number of anilines is 1. The topological polar surface area (TPSA) is 70.2 Å². The molecule has 19 heavy (non-hydrogen) atoms. The van der Waals surface area contributed by atoms with Crippen molar-refractivity contribution in [3.8, 4) is 0 Å². The molecule has 1 saturated heterocycles. The molecule has 1 fully saturated rings. The van der Waals surface area contributed by atoms with Crippen LogP contribution in [-0.4, -0.2) is 40.9 Å². The van der Waals surface area contributed by atoms with Crippen LogP contribution in [0.4, 0.5) is 5.95 Å². The lowest BCUT2D eigenvalue weighted by Crippen LogP contribution is -2.32. The lowest BCUT2D eigenvalue weighted by molar-refractivity contribution is 0.0131. The largest absolute Gasteiger partial charge is 0.391 e. The highest BCUT2D eigenvalue weighted by Crippen LogP contribution is 2.19. The van der Waals surface area contributed by atoms with Gasteiger partial charge < -0.3 is 20.1 Å².